The first-order chi connectivity index (χ1) is 13.7. The molecule has 7 nitrogen and oxygen atoms in total. The maximum atomic E-state index is 13.2. The summed E-state index contributed by atoms with van der Waals surface area (Å²) in [6, 6.07) is 0. The van der Waals surface area contributed by atoms with E-state index in [9.17, 15) is 9.36 Å². The molecular formula is C21H42NO6PS. The molecule has 1 saturated heterocycles. The minimum absolute atomic E-state index is 0.168. The van der Waals surface area contributed by atoms with Gasteiger partial charge in [-0.25, -0.2) is 4.57 Å². The number of hydrogen-bond donors (Lipinski definition) is 0. The molecule has 178 valence electrons. The lowest BCUT2D eigenvalue weighted by molar-refractivity contribution is -0.153. The highest BCUT2D eigenvalue weighted by Gasteiger charge is 2.35. The first-order valence-corrected chi connectivity index (χ1v) is 14.0. The first kappa shape index (κ1) is 27.9. The van der Waals surface area contributed by atoms with Crippen LogP contribution in [0.4, 0.5) is 0 Å². The van der Waals surface area contributed by atoms with E-state index in [2.05, 4.69) is 4.90 Å². The summed E-state index contributed by atoms with van der Waals surface area (Å²) in [6.45, 7) is 16.2. The first-order valence-electron chi connectivity index (χ1n) is 10.9. The second-order valence-electron chi connectivity index (χ2n) is 9.76. The zero-order chi connectivity index (χ0) is 23.0. The van der Waals surface area contributed by atoms with Gasteiger partial charge < -0.3 is 9.47 Å². The molecule has 0 aliphatic carbocycles. The molecule has 2 unspecified atom stereocenters. The van der Waals surface area contributed by atoms with Crippen molar-refractivity contribution in [1.82, 2.24) is 4.90 Å². The Bertz CT molecular complexity index is 572. The summed E-state index contributed by atoms with van der Waals surface area (Å²) in [5.41, 5.74) is -1.17. The Morgan fingerprint density at radius 2 is 1.73 bits per heavy atom. The fraction of sp³-hybridized carbons (Fsp3) is 0.952. The largest absolute Gasteiger partial charge is 0.464 e. The van der Waals surface area contributed by atoms with Gasteiger partial charge in [-0.1, -0.05) is 13.8 Å². The van der Waals surface area contributed by atoms with Gasteiger partial charge in [0.1, 0.15) is 6.61 Å². The summed E-state index contributed by atoms with van der Waals surface area (Å²) < 4.78 is 35.6. The Labute approximate surface area is 187 Å². The lowest BCUT2D eigenvalue weighted by Gasteiger charge is -2.30. The number of esters is 1. The third kappa shape index (κ3) is 11.0. The van der Waals surface area contributed by atoms with Crippen LogP contribution in [0.5, 0.6) is 0 Å². The van der Waals surface area contributed by atoms with Crippen LogP contribution in [0, 0.1) is 11.3 Å². The Kier molecular flexibility index (Phi) is 11.4. The number of carbonyl (C=O) groups excluding carboxylic acids is 1. The minimum Gasteiger partial charge on any atom is -0.464 e. The van der Waals surface area contributed by atoms with Gasteiger partial charge in [0.2, 0.25) is 0 Å². The van der Waals surface area contributed by atoms with Crippen LogP contribution in [0.3, 0.4) is 0 Å². The molecule has 0 aromatic heterocycles. The Hall–Kier alpha value is -0.110. The van der Waals surface area contributed by atoms with Gasteiger partial charge >= 0.3 is 12.8 Å². The number of morpholine rings is 1. The minimum atomic E-state index is -3.38. The van der Waals surface area contributed by atoms with Gasteiger partial charge in [0.25, 0.3) is 0 Å². The molecule has 1 aliphatic rings. The summed E-state index contributed by atoms with van der Waals surface area (Å²) in [7, 11) is 0. The smallest absolute Gasteiger partial charge is 0.390 e. The van der Waals surface area contributed by atoms with Crippen molar-refractivity contribution in [2.45, 2.75) is 73.5 Å². The van der Waals surface area contributed by atoms with Gasteiger partial charge in [-0.2, -0.15) is 0 Å². The molecule has 0 bridgehead atoms. The molecule has 0 spiro atoms. The van der Waals surface area contributed by atoms with E-state index in [1.54, 1.807) is 0 Å². The Morgan fingerprint density at radius 3 is 2.27 bits per heavy atom. The van der Waals surface area contributed by atoms with Gasteiger partial charge in [0.15, 0.2) is 0 Å². The van der Waals surface area contributed by atoms with Crippen molar-refractivity contribution in [3.05, 3.63) is 0 Å². The molecule has 0 aromatic carbocycles. The van der Waals surface area contributed by atoms with Crippen LogP contribution in [0.2, 0.25) is 0 Å². The monoisotopic (exact) mass is 467 g/mol. The van der Waals surface area contributed by atoms with Crippen LogP contribution < -0.4 is 0 Å². The SMILES string of the molecule is CC(C)C(C)OP(=O)(OC(C)(C)C)SCCOC(=O)C(C)(C)CCN1CCOCC1. The molecule has 0 N–H and O–H groups in total. The molecule has 0 aromatic rings. The van der Waals surface area contributed by atoms with E-state index in [4.69, 9.17) is 18.5 Å². The second kappa shape index (κ2) is 12.2. The van der Waals surface area contributed by atoms with E-state index >= 15 is 0 Å². The topological polar surface area (TPSA) is 74.3 Å². The van der Waals surface area contributed by atoms with Crippen LogP contribution in [0.1, 0.15) is 61.8 Å². The summed E-state index contributed by atoms with van der Waals surface area (Å²) in [4.78, 5) is 14.9. The van der Waals surface area contributed by atoms with Crippen LogP contribution in [-0.2, 0) is 27.9 Å². The van der Waals surface area contributed by atoms with Crippen LogP contribution >= 0.6 is 18.2 Å². The normalized spacial score (nSPS) is 19.5. The molecule has 1 aliphatic heterocycles. The maximum absolute atomic E-state index is 13.2. The highest BCUT2D eigenvalue weighted by molar-refractivity contribution is 8.55. The molecule has 1 fully saturated rings. The third-order valence-corrected chi connectivity index (χ3v) is 8.90. The van der Waals surface area contributed by atoms with E-state index in [1.165, 1.54) is 0 Å². The second-order valence-corrected chi connectivity index (χ2v) is 13.8. The number of nitrogens with zero attached hydrogens (tertiary/aromatic N) is 1. The molecule has 0 amide bonds. The highest BCUT2D eigenvalue weighted by Crippen LogP contribution is 2.63. The van der Waals surface area contributed by atoms with Gasteiger partial charge in [-0.15, -0.1) is 0 Å². The Balaban J connectivity index is 2.49. The highest BCUT2D eigenvalue weighted by atomic mass is 32.7. The van der Waals surface area contributed by atoms with Crippen LogP contribution in [-0.4, -0.2) is 67.8 Å². The number of carbonyl (C=O) groups is 1. The molecule has 1 rings (SSSR count). The quantitative estimate of drug-likeness (QED) is 0.226. The molecule has 30 heavy (non-hydrogen) atoms. The average Bonchev–Trinajstić information content (AvgIpc) is 2.62. The summed E-state index contributed by atoms with van der Waals surface area (Å²) in [5.74, 6) is 0.329. The van der Waals surface area contributed by atoms with Crippen LogP contribution in [0.25, 0.3) is 0 Å². The lowest BCUT2D eigenvalue weighted by Crippen LogP contribution is -2.39. The molecule has 1 heterocycles. The van der Waals surface area contributed by atoms with Crippen molar-refractivity contribution >= 4 is 24.1 Å². The van der Waals surface area contributed by atoms with Crippen LogP contribution in [0.15, 0.2) is 0 Å². The molecule has 0 radical (unpaired) electrons. The van der Waals surface area contributed by atoms with Gasteiger partial charge in [0, 0.05) is 18.8 Å². The summed E-state index contributed by atoms with van der Waals surface area (Å²) >= 11 is 1.10. The van der Waals surface area contributed by atoms with Crippen molar-refractivity contribution in [2.24, 2.45) is 11.3 Å². The van der Waals surface area contributed by atoms with Gasteiger partial charge in [-0.3, -0.25) is 18.7 Å². The summed E-state index contributed by atoms with van der Waals surface area (Å²) in [5, 5.41) is 0. The molecule has 9 heteroatoms. The lowest BCUT2D eigenvalue weighted by atomic mass is 9.89. The van der Waals surface area contributed by atoms with Crippen molar-refractivity contribution in [3.63, 3.8) is 0 Å². The van der Waals surface area contributed by atoms with Crippen molar-refractivity contribution in [1.29, 1.82) is 0 Å². The van der Waals surface area contributed by atoms with Gasteiger partial charge in [-0.05, 0) is 71.8 Å². The molecular weight excluding hydrogens is 425 g/mol. The van der Waals surface area contributed by atoms with E-state index in [0.717, 1.165) is 50.7 Å². The van der Waals surface area contributed by atoms with Crippen molar-refractivity contribution in [3.8, 4) is 0 Å². The van der Waals surface area contributed by atoms with E-state index in [0.29, 0.717) is 5.75 Å². The zero-order valence-electron chi connectivity index (χ0n) is 20.1. The molecule has 0 saturated carbocycles. The van der Waals surface area contributed by atoms with Gasteiger partial charge in [0.05, 0.1) is 30.3 Å². The van der Waals surface area contributed by atoms with E-state index in [1.807, 2.05) is 55.4 Å². The molecule has 2 atom stereocenters. The van der Waals surface area contributed by atoms with E-state index < -0.39 is 17.8 Å². The standard InChI is InChI=1S/C21H42NO6PS/c1-17(2)18(3)27-29(24,28-20(4,5)6)30-16-15-26-19(23)21(7,8)9-10-22-11-13-25-14-12-22/h17-18H,9-16H2,1-8H3. The number of ether oxygens (including phenoxy) is 2. The number of rotatable bonds is 12. The predicted octanol–water partition coefficient (Wildman–Crippen LogP) is 5.00. The summed E-state index contributed by atoms with van der Waals surface area (Å²) in [6.07, 6.45) is 0.520. The average molecular weight is 468 g/mol. The fourth-order valence-corrected chi connectivity index (χ4v) is 6.76. The zero-order valence-corrected chi connectivity index (χ0v) is 21.8. The fourth-order valence-electron chi connectivity index (χ4n) is 2.58. The maximum Gasteiger partial charge on any atom is 0.390 e. The van der Waals surface area contributed by atoms with Crippen molar-refractivity contribution < 1.29 is 27.9 Å². The van der Waals surface area contributed by atoms with E-state index in [-0.39, 0.29) is 24.6 Å². The Morgan fingerprint density at radius 1 is 1.13 bits per heavy atom. The predicted molar refractivity (Wildman–Crippen MR) is 123 cm³/mol. The van der Waals surface area contributed by atoms with Crippen molar-refractivity contribution in [2.75, 3.05) is 45.2 Å². The number of hydrogen-bond acceptors (Lipinski definition) is 8. The third-order valence-electron chi connectivity index (χ3n) is 4.90.